The number of nitriles is 1. The van der Waals surface area contributed by atoms with Gasteiger partial charge < -0.3 is 9.13 Å². The Hall–Kier alpha value is -8.85. The number of benzene rings is 9. The van der Waals surface area contributed by atoms with Crippen molar-refractivity contribution >= 4 is 43.6 Å². The minimum atomic E-state index is 0.546. The van der Waals surface area contributed by atoms with Crippen molar-refractivity contribution in [3.8, 4) is 73.2 Å². The van der Waals surface area contributed by atoms with Crippen LogP contribution in [0.3, 0.4) is 0 Å². The predicted molar refractivity (Wildman–Crippen MR) is 272 cm³/mol. The second kappa shape index (κ2) is 15.7. The third kappa shape index (κ3) is 6.55. The molecule has 0 amide bonds. The summed E-state index contributed by atoms with van der Waals surface area (Å²) in [6.07, 6.45) is 0. The van der Waals surface area contributed by atoms with Crippen molar-refractivity contribution in [2.45, 2.75) is 13.8 Å². The van der Waals surface area contributed by atoms with E-state index in [1.54, 1.807) is 0 Å². The van der Waals surface area contributed by atoms with E-state index in [-0.39, 0.29) is 0 Å². The number of aryl methyl sites for hydroxylation is 2. The third-order valence-corrected chi connectivity index (χ3v) is 12.9. The lowest BCUT2D eigenvalue weighted by molar-refractivity contribution is 1.01. The van der Waals surface area contributed by atoms with Crippen molar-refractivity contribution in [2.75, 3.05) is 0 Å². The summed E-state index contributed by atoms with van der Waals surface area (Å²) in [6, 6.07) is 78.0. The van der Waals surface area contributed by atoms with E-state index in [1.807, 2.05) is 44.2 Å². The van der Waals surface area contributed by atoms with Crippen LogP contribution < -0.4 is 0 Å². The van der Waals surface area contributed by atoms with E-state index in [0.29, 0.717) is 11.4 Å². The summed E-state index contributed by atoms with van der Waals surface area (Å²) in [5.41, 5.74) is 17.5. The molecule has 3 heterocycles. The molecule has 0 fully saturated rings. The highest BCUT2D eigenvalue weighted by molar-refractivity contribution is 6.13. The lowest BCUT2D eigenvalue weighted by atomic mass is 10.0. The zero-order valence-corrected chi connectivity index (χ0v) is 36.4. The van der Waals surface area contributed by atoms with E-state index in [9.17, 15) is 5.26 Å². The highest BCUT2D eigenvalue weighted by atomic mass is 15.0. The first-order chi connectivity index (χ1) is 32.5. The molecule has 0 aliphatic carbocycles. The first-order valence-corrected chi connectivity index (χ1v) is 22.3. The molecule has 5 heteroatoms. The Morgan fingerprint density at radius 2 is 0.682 bits per heavy atom. The van der Waals surface area contributed by atoms with Crippen molar-refractivity contribution in [3.05, 3.63) is 229 Å². The van der Waals surface area contributed by atoms with Gasteiger partial charge in [0.15, 0.2) is 0 Å². The van der Waals surface area contributed by atoms with Crippen molar-refractivity contribution in [1.82, 2.24) is 19.1 Å². The molecule has 9 aromatic carbocycles. The van der Waals surface area contributed by atoms with Crippen molar-refractivity contribution < 1.29 is 0 Å². The van der Waals surface area contributed by atoms with Crippen molar-refractivity contribution in [2.24, 2.45) is 0 Å². The topological polar surface area (TPSA) is 59.4 Å². The first-order valence-electron chi connectivity index (χ1n) is 22.3. The van der Waals surface area contributed by atoms with Crippen LogP contribution in [0.15, 0.2) is 212 Å². The molecule has 0 spiro atoms. The predicted octanol–water partition coefficient (Wildman–Crippen LogP) is 15.5. The molecule has 0 radical (unpaired) electrons. The number of fused-ring (bicyclic) bond motifs is 6. The van der Waals surface area contributed by atoms with Crippen LogP contribution in [0.1, 0.15) is 17.1 Å². The van der Waals surface area contributed by atoms with Gasteiger partial charge in [-0.2, -0.15) is 5.26 Å². The molecule has 12 rings (SSSR count). The highest BCUT2D eigenvalue weighted by Gasteiger charge is 2.24. The summed E-state index contributed by atoms with van der Waals surface area (Å²) in [7, 11) is 0. The Labute approximate surface area is 382 Å². The summed E-state index contributed by atoms with van der Waals surface area (Å²) >= 11 is 0. The molecule has 3 aromatic heterocycles. The summed E-state index contributed by atoms with van der Waals surface area (Å²) < 4.78 is 4.63. The van der Waals surface area contributed by atoms with Crippen LogP contribution >= 0.6 is 0 Å². The van der Waals surface area contributed by atoms with Gasteiger partial charge in [0, 0.05) is 32.8 Å². The molecule has 66 heavy (non-hydrogen) atoms. The quantitative estimate of drug-likeness (QED) is 0.161. The number of nitrogens with zero attached hydrogens (tertiary/aromatic N) is 5. The SMILES string of the molecule is Cc1cc(-c2cc(-n3c4cc(-c5ccccc5)ccc4c4ccc(-c5ccccc5)cc43)c(C#N)c(-n3c4cc(-c5ccccc5)ccc4c4ccc(-c5ccccc5)cc43)c2)nc(C)n1. The molecule has 0 aliphatic heterocycles. The summed E-state index contributed by atoms with van der Waals surface area (Å²) in [6.45, 7) is 3.95. The summed E-state index contributed by atoms with van der Waals surface area (Å²) in [5, 5.41) is 16.3. The van der Waals surface area contributed by atoms with Gasteiger partial charge in [-0.1, -0.05) is 170 Å². The standard InChI is InChI=1S/C61H41N5/c1-39-31-55(64-40(2)63-39)49-36-60(65-56-32-45(41-15-7-3-8-16-41)23-27-50(56)51-28-24-46(33-57(51)65)42-17-9-4-10-18-42)54(38-62)61(37-49)66-58-34-47(43-19-11-5-12-20-43)25-29-52(58)53-30-26-48(35-59(53)66)44-21-13-6-14-22-44/h3-37H,1-2H3. The molecular formula is C61H41N5. The van der Waals surface area contributed by atoms with Crippen LogP contribution in [0.5, 0.6) is 0 Å². The van der Waals surface area contributed by atoms with Gasteiger partial charge in [0.1, 0.15) is 17.5 Å². The highest BCUT2D eigenvalue weighted by Crippen LogP contribution is 2.43. The maximum absolute atomic E-state index is 11.9. The zero-order valence-electron chi connectivity index (χ0n) is 36.4. The minimum Gasteiger partial charge on any atom is -0.308 e. The van der Waals surface area contributed by atoms with Crippen molar-refractivity contribution in [1.29, 1.82) is 5.26 Å². The van der Waals surface area contributed by atoms with Crippen LogP contribution in [0, 0.1) is 25.2 Å². The Bertz CT molecular complexity index is 3440. The number of aromatic nitrogens is 4. The second-order valence-electron chi connectivity index (χ2n) is 17.0. The van der Waals surface area contributed by atoms with E-state index in [2.05, 4.69) is 202 Å². The van der Waals surface area contributed by atoms with E-state index >= 15 is 0 Å². The van der Waals surface area contributed by atoms with Crippen molar-refractivity contribution in [3.63, 3.8) is 0 Å². The van der Waals surface area contributed by atoms with Gasteiger partial charge >= 0.3 is 0 Å². The molecule has 0 N–H and O–H groups in total. The van der Waals surface area contributed by atoms with Gasteiger partial charge in [0.05, 0.1) is 39.1 Å². The second-order valence-corrected chi connectivity index (χ2v) is 17.0. The minimum absolute atomic E-state index is 0.546. The lowest BCUT2D eigenvalue weighted by Gasteiger charge is -2.19. The number of hydrogen-bond donors (Lipinski definition) is 0. The average Bonchev–Trinajstić information content (AvgIpc) is 3.87. The molecule has 12 aromatic rings. The molecule has 0 atom stereocenters. The lowest BCUT2D eigenvalue weighted by Crippen LogP contribution is -2.06. The van der Waals surface area contributed by atoms with Gasteiger partial charge in [-0.15, -0.1) is 0 Å². The zero-order chi connectivity index (χ0) is 44.3. The Balaban J connectivity index is 1.24. The molecule has 0 bridgehead atoms. The molecule has 0 unspecified atom stereocenters. The van der Waals surface area contributed by atoms with Gasteiger partial charge in [-0.05, 0) is 101 Å². The fourth-order valence-electron chi connectivity index (χ4n) is 9.89. The summed E-state index contributed by atoms with van der Waals surface area (Å²) in [5.74, 6) is 0.686. The van der Waals surface area contributed by atoms with Crippen LogP contribution in [-0.4, -0.2) is 19.1 Å². The van der Waals surface area contributed by atoms with Gasteiger partial charge in [-0.25, -0.2) is 9.97 Å². The first kappa shape index (κ1) is 38.8. The number of rotatable bonds is 7. The largest absolute Gasteiger partial charge is 0.308 e. The van der Waals surface area contributed by atoms with Gasteiger partial charge in [0.25, 0.3) is 0 Å². The van der Waals surface area contributed by atoms with Crippen LogP contribution in [0.4, 0.5) is 0 Å². The van der Waals surface area contributed by atoms with E-state index in [0.717, 1.165) is 116 Å². The van der Waals surface area contributed by atoms with E-state index in [1.165, 1.54) is 0 Å². The van der Waals surface area contributed by atoms with E-state index in [4.69, 9.17) is 4.98 Å². The molecule has 0 saturated carbocycles. The maximum atomic E-state index is 11.9. The average molecular weight is 844 g/mol. The van der Waals surface area contributed by atoms with Crippen LogP contribution in [-0.2, 0) is 0 Å². The smallest absolute Gasteiger partial charge is 0.126 e. The molecule has 5 nitrogen and oxygen atoms in total. The van der Waals surface area contributed by atoms with Gasteiger partial charge in [-0.3, -0.25) is 0 Å². The Morgan fingerprint density at radius 1 is 0.348 bits per heavy atom. The van der Waals surface area contributed by atoms with Crippen LogP contribution in [0.25, 0.3) is 111 Å². The van der Waals surface area contributed by atoms with Gasteiger partial charge in [0.2, 0.25) is 0 Å². The Morgan fingerprint density at radius 3 is 0.985 bits per heavy atom. The molecule has 0 aliphatic rings. The maximum Gasteiger partial charge on any atom is 0.126 e. The molecule has 310 valence electrons. The molecule has 0 saturated heterocycles. The van der Waals surface area contributed by atoms with Crippen LogP contribution in [0.2, 0.25) is 0 Å². The van der Waals surface area contributed by atoms with E-state index < -0.39 is 0 Å². The normalized spacial score (nSPS) is 11.5. The number of hydrogen-bond acceptors (Lipinski definition) is 3. The monoisotopic (exact) mass is 843 g/mol. The fourth-order valence-corrected chi connectivity index (χ4v) is 9.89. The fraction of sp³-hybridized carbons (Fsp3) is 0.0328. The third-order valence-electron chi connectivity index (χ3n) is 12.9. The Kier molecular flexibility index (Phi) is 9.25. The summed E-state index contributed by atoms with van der Waals surface area (Å²) in [4.78, 5) is 9.74. The molecular weight excluding hydrogens is 803 g/mol.